The van der Waals surface area contributed by atoms with E-state index in [4.69, 9.17) is 10.00 Å². The number of ether oxygens (including phenoxy) is 1. The number of aromatic nitrogens is 3. The number of nitrogens with zero attached hydrogens (tertiary/aromatic N) is 4. The predicted octanol–water partition coefficient (Wildman–Crippen LogP) is 2.08. The third-order valence-electron chi connectivity index (χ3n) is 3.91. The van der Waals surface area contributed by atoms with Crippen molar-refractivity contribution >= 4 is 11.3 Å². The van der Waals surface area contributed by atoms with Gasteiger partial charge in [-0.25, -0.2) is 9.78 Å². The molecular weight excluding hydrogens is 352 g/mol. The van der Waals surface area contributed by atoms with E-state index in [1.807, 2.05) is 30.3 Å². The lowest BCUT2D eigenvalue weighted by Gasteiger charge is -2.08. The van der Waals surface area contributed by atoms with Crippen LogP contribution in [-0.4, -0.2) is 21.2 Å². The van der Waals surface area contributed by atoms with Gasteiger partial charge in [0.25, 0.3) is 5.56 Å². The Hall–Kier alpha value is -3.18. The second-order valence-corrected chi connectivity index (χ2v) is 6.32. The number of thiazole rings is 1. The van der Waals surface area contributed by atoms with Crippen LogP contribution >= 0.6 is 11.3 Å². The molecule has 3 aromatic rings. The fraction of sp³-hybridized carbons (Fsp3) is 0.222. The summed E-state index contributed by atoms with van der Waals surface area (Å²) in [6, 6.07) is 9.34. The first-order valence-electron chi connectivity index (χ1n) is 7.91. The molecule has 0 aliphatic carbocycles. The summed E-state index contributed by atoms with van der Waals surface area (Å²) in [5.74, 6) is 0.699. The normalized spacial score (nSPS) is 10.5. The lowest BCUT2D eigenvalue weighted by Crippen LogP contribution is -2.41. The lowest BCUT2D eigenvalue weighted by molar-refractivity contribution is 0.416. The first-order valence-corrected chi connectivity index (χ1v) is 8.79. The SMILES string of the molecule is CCn1cc(C#N)c(=O)n(Cc2csc(-c3ccccc3OC)n2)c1=O. The van der Waals surface area contributed by atoms with Crippen LogP contribution in [0.5, 0.6) is 5.75 Å². The van der Waals surface area contributed by atoms with E-state index in [1.54, 1.807) is 19.4 Å². The van der Waals surface area contributed by atoms with Gasteiger partial charge in [-0.2, -0.15) is 5.26 Å². The zero-order chi connectivity index (χ0) is 18.7. The molecule has 2 aromatic heterocycles. The summed E-state index contributed by atoms with van der Waals surface area (Å²) in [6.07, 6.45) is 1.29. The van der Waals surface area contributed by atoms with Crippen LogP contribution in [0.2, 0.25) is 0 Å². The smallest absolute Gasteiger partial charge is 0.331 e. The van der Waals surface area contributed by atoms with Gasteiger partial charge in [-0.3, -0.25) is 13.9 Å². The molecule has 3 rings (SSSR count). The molecule has 8 heteroatoms. The van der Waals surface area contributed by atoms with E-state index >= 15 is 0 Å². The third kappa shape index (κ3) is 3.17. The number of benzene rings is 1. The molecule has 0 radical (unpaired) electrons. The summed E-state index contributed by atoms with van der Waals surface area (Å²) in [5, 5.41) is 11.7. The Labute approximate surface area is 153 Å². The van der Waals surface area contributed by atoms with Gasteiger partial charge in [0.2, 0.25) is 0 Å². The molecule has 1 aromatic carbocycles. The fourth-order valence-corrected chi connectivity index (χ4v) is 3.42. The second kappa shape index (κ2) is 7.37. The molecule has 0 atom stereocenters. The van der Waals surface area contributed by atoms with Gasteiger partial charge in [-0.15, -0.1) is 11.3 Å². The van der Waals surface area contributed by atoms with E-state index in [1.165, 1.54) is 22.1 Å². The quantitative estimate of drug-likeness (QED) is 0.688. The van der Waals surface area contributed by atoms with Crippen LogP contribution in [0.25, 0.3) is 10.6 Å². The van der Waals surface area contributed by atoms with Crippen LogP contribution < -0.4 is 16.0 Å². The van der Waals surface area contributed by atoms with Crippen molar-refractivity contribution in [3.63, 3.8) is 0 Å². The number of rotatable bonds is 5. The zero-order valence-electron chi connectivity index (χ0n) is 14.3. The maximum atomic E-state index is 12.4. The summed E-state index contributed by atoms with van der Waals surface area (Å²) in [5.41, 5.74) is 0.298. The van der Waals surface area contributed by atoms with Crippen molar-refractivity contribution in [1.82, 2.24) is 14.1 Å². The molecule has 26 heavy (non-hydrogen) atoms. The minimum Gasteiger partial charge on any atom is -0.496 e. The van der Waals surface area contributed by atoms with Crippen molar-refractivity contribution in [2.45, 2.75) is 20.0 Å². The largest absolute Gasteiger partial charge is 0.496 e. The van der Waals surface area contributed by atoms with Gasteiger partial charge in [0, 0.05) is 18.1 Å². The van der Waals surface area contributed by atoms with Crippen LogP contribution in [0.1, 0.15) is 18.2 Å². The highest BCUT2D eigenvalue weighted by molar-refractivity contribution is 7.13. The van der Waals surface area contributed by atoms with Crippen molar-refractivity contribution < 1.29 is 4.74 Å². The van der Waals surface area contributed by atoms with Gasteiger partial charge in [0.15, 0.2) is 0 Å². The summed E-state index contributed by atoms with van der Waals surface area (Å²) in [4.78, 5) is 29.3. The first-order chi connectivity index (χ1) is 12.6. The van der Waals surface area contributed by atoms with Gasteiger partial charge >= 0.3 is 5.69 Å². The van der Waals surface area contributed by atoms with Crippen LogP contribution in [0, 0.1) is 11.3 Å². The van der Waals surface area contributed by atoms with E-state index in [0.29, 0.717) is 18.0 Å². The summed E-state index contributed by atoms with van der Waals surface area (Å²) >= 11 is 1.40. The van der Waals surface area contributed by atoms with Crippen LogP contribution in [0.4, 0.5) is 0 Å². The molecule has 2 heterocycles. The molecule has 0 aliphatic heterocycles. The van der Waals surface area contributed by atoms with E-state index in [2.05, 4.69) is 4.98 Å². The molecule has 0 saturated heterocycles. The average molecular weight is 368 g/mol. The molecular formula is C18H16N4O3S. The van der Waals surface area contributed by atoms with Crippen molar-refractivity contribution in [3.8, 4) is 22.4 Å². The number of para-hydroxylation sites is 1. The summed E-state index contributed by atoms with van der Waals surface area (Å²) in [6.45, 7) is 2.16. The number of nitriles is 1. The minimum absolute atomic E-state index is 0.0127. The maximum absolute atomic E-state index is 12.4. The molecule has 0 fully saturated rings. The van der Waals surface area contributed by atoms with Crippen molar-refractivity contribution in [3.05, 3.63) is 67.9 Å². The topological polar surface area (TPSA) is 89.9 Å². The molecule has 0 spiro atoms. The van der Waals surface area contributed by atoms with Crippen LogP contribution in [0.15, 0.2) is 45.4 Å². The Morgan fingerprint density at radius 3 is 2.77 bits per heavy atom. The Morgan fingerprint density at radius 2 is 2.08 bits per heavy atom. The Morgan fingerprint density at radius 1 is 1.31 bits per heavy atom. The first kappa shape index (κ1) is 17.6. The molecule has 132 valence electrons. The Bertz CT molecular complexity index is 1100. The van der Waals surface area contributed by atoms with E-state index in [9.17, 15) is 9.59 Å². The molecule has 0 bridgehead atoms. The van der Waals surface area contributed by atoms with E-state index in [-0.39, 0.29) is 12.1 Å². The van der Waals surface area contributed by atoms with Crippen molar-refractivity contribution in [1.29, 1.82) is 5.26 Å². The number of hydrogen-bond acceptors (Lipinski definition) is 6. The molecule has 0 aliphatic rings. The molecule has 0 N–H and O–H groups in total. The predicted molar refractivity (Wildman–Crippen MR) is 98.6 cm³/mol. The van der Waals surface area contributed by atoms with Crippen LogP contribution in [0.3, 0.4) is 0 Å². The number of methoxy groups -OCH3 is 1. The Balaban J connectivity index is 2.02. The number of aryl methyl sites for hydroxylation is 1. The maximum Gasteiger partial charge on any atom is 0.331 e. The van der Waals surface area contributed by atoms with Gasteiger partial charge < -0.3 is 4.74 Å². The lowest BCUT2D eigenvalue weighted by atomic mass is 10.2. The highest BCUT2D eigenvalue weighted by Crippen LogP contribution is 2.31. The fourth-order valence-electron chi connectivity index (χ4n) is 2.58. The number of hydrogen-bond donors (Lipinski definition) is 0. The van der Waals surface area contributed by atoms with Crippen molar-refractivity contribution in [2.24, 2.45) is 0 Å². The summed E-state index contributed by atoms with van der Waals surface area (Å²) in [7, 11) is 1.59. The summed E-state index contributed by atoms with van der Waals surface area (Å²) < 4.78 is 7.73. The molecule has 7 nitrogen and oxygen atoms in total. The Kier molecular flexibility index (Phi) is 5.00. The highest BCUT2D eigenvalue weighted by atomic mass is 32.1. The second-order valence-electron chi connectivity index (χ2n) is 5.46. The van der Waals surface area contributed by atoms with Gasteiger partial charge in [0.1, 0.15) is 22.4 Å². The molecule has 0 amide bonds. The van der Waals surface area contributed by atoms with E-state index < -0.39 is 11.2 Å². The molecule has 0 unspecified atom stereocenters. The van der Waals surface area contributed by atoms with Crippen molar-refractivity contribution in [2.75, 3.05) is 7.11 Å². The monoisotopic (exact) mass is 368 g/mol. The zero-order valence-corrected chi connectivity index (χ0v) is 15.1. The van der Waals surface area contributed by atoms with Gasteiger partial charge in [0.05, 0.1) is 24.9 Å². The van der Waals surface area contributed by atoms with Gasteiger partial charge in [-0.05, 0) is 19.1 Å². The highest BCUT2D eigenvalue weighted by Gasteiger charge is 2.14. The van der Waals surface area contributed by atoms with Crippen LogP contribution in [-0.2, 0) is 13.1 Å². The molecule has 0 saturated carbocycles. The van der Waals surface area contributed by atoms with Gasteiger partial charge in [-0.1, -0.05) is 12.1 Å². The minimum atomic E-state index is -0.603. The third-order valence-corrected chi connectivity index (χ3v) is 4.83. The van der Waals surface area contributed by atoms with E-state index in [0.717, 1.165) is 15.1 Å². The average Bonchev–Trinajstić information content (AvgIpc) is 3.14. The standard InChI is InChI=1S/C18H16N4O3S/c1-3-21-9-12(8-19)17(23)22(18(21)24)10-13-11-26-16(20-13)14-6-4-5-7-15(14)25-2/h4-7,9,11H,3,10H2,1-2H3.